The van der Waals surface area contributed by atoms with Crippen LogP contribution in [0.3, 0.4) is 0 Å². The van der Waals surface area contributed by atoms with E-state index in [2.05, 4.69) is 20.6 Å². The lowest BCUT2D eigenvalue weighted by Gasteiger charge is -2.14. The predicted molar refractivity (Wildman–Crippen MR) is 118 cm³/mol. The average molecular weight is 413 g/mol. The van der Waals surface area contributed by atoms with E-state index in [1.165, 1.54) is 0 Å². The summed E-state index contributed by atoms with van der Waals surface area (Å²) in [5, 5.41) is 6.64. The molecule has 2 heterocycles. The van der Waals surface area contributed by atoms with Crippen LogP contribution in [0.25, 0.3) is 0 Å². The first kappa shape index (κ1) is 22.1. The second-order valence-corrected chi connectivity index (χ2v) is 7.25. The first-order chi connectivity index (χ1) is 14.8. The summed E-state index contributed by atoms with van der Waals surface area (Å²) in [5.74, 6) is 1.94. The molecule has 1 fully saturated rings. The maximum absolute atomic E-state index is 5.92. The molecule has 0 spiro atoms. The molecule has 1 unspecified atom stereocenters. The van der Waals surface area contributed by atoms with Crippen LogP contribution >= 0.6 is 0 Å². The molecular formula is C23H32N4O3. The Morgan fingerprint density at radius 3 is 2.90 bits per heavy atom. The van der Waals surface area contributed by atoms with Crippen LogP contribution in [0, 0.1) is 5.92 Å². The van der Waals surface area contributed by atoms with Crippen LogP contribution in [-0.2, 0) is 22.6 Å². The van der Waals surface area contributed by atoms with Crippen LogP contribution in [0.2, 0.25) is 0 Å². The highest BCUT2D eigenvalue weighted by molar-refractivity contribution is 5.79. The standard InChI is InChI=1S/C23H32N4O3/c1-24-23(26-12-6-13-28-16-20-10-14-29-17-20)27-15-21-9-5-11-25-22(21)30-18-19-7-3-2-4-8-19/h2-5,7-9,11,20H,6,10,12-18H2,1H3,(H2,24,26,27). The zero-order chi connectivity index (χ0) is 20.9. The van der Waals surface area contributed by atoms with E-state index in [4.69, 9.17) is 14.2 Å². The molecule has 162 valence electrons. The number of hydrogen-bond acceptors (Lipinski definition) is 5. The van der Waals surface area contributed by atoms with Crippen molar-refractivity contribution in [3.63, 3.8) is 0 Å². The number of aromatic nitrogens is 1. The van der Waals surface area contributed by atoms with Gasteiger partial charge >= 0.3 is 0 Å². The molecule has 7 heteroatoms. The van der Waals surface area contributed by atoms with Gasteiger partial charge in [-0.2, -0.15) is 0 Å². The number of guanidine groups is 1. The smallest absolute Gasteiger partial charge is 0.218 e. The Balaban J connectivity index is 1.36. The van der Waals surface area contributed by atoms with Gasteiger partial charge in [0.2, 0.25) is 5.88 Å². The van der Waals surface area contributed by atoms with E-state index in [0.717, 1.165) is 62.9 Å². The molecular weight excluding hydrogens is 380 g/mol. The number of pyridine rings is 1. The minimum atomic E-state index is 0.491. The summed E-state index contributed by atoms with van der Waals surface area (Å²) in [6, 6.07) is 14.0. The summed E-state index contributed by atoms with van der Waals surface area (Å²) in [6.07, 6.45) is 3.78. The fourth-order valence-corrected chi connectivity index (χ4v) is 3.16. The number of nitrogens with zero attached hydrogens (tertiary/aromatic N) is 2. The third kappa shape index (κ3) is 7.65. The summed E-state index contributed by atoms with van der Waals surface area (Å²) in [4.78, 5) is 8.66. The Bertz CT molecular complexity index is 764. The zero-order valence-corrected chi connectivity index (χ0v) is 17.7. The molecule has 1 aliphatic rings. The van der Waals surface area contributed by atoms with Gasteiger partial charge in [-0.1, -0.05) is 36.4 Å². The van der Waals surface area contributed by atoms with Crippen molar-refractivity contribution in [3.05, 3.63) is 59.8 Å². The Morgan fingerprint density at radius 2 is 2.10 bits per heavy atom. The molecule has 2 N–H and O–H groups in total. The summed E-state index contributed by atoms with van der Waals surface area (Å²) in [6.45, 7) is 5.10. The number of benzene rings is 1. The number of rotatable bonds is 11. The van der Waals surface area contributed by atoms with Crippen molar-refractivity contribution in [2.45, 2.75) is 26.0 Å². The lowest BCUT2D eigenvalue weighted by molar-refractivity contribution is 0.0888. The minimum Gasteiger partial charge on any atom is -0.473 e. The molecule has 1 aromatic heterocycles. The van der Waals surface area contributed by atoms with Gasteiger partial charge in [-0.25, -0.2) is 4.98 Å². The summed E-state index contributed by atoms with van der Waals surface area (Å²) < 4.78 is 17.0. The van der Waals surface area contributed by atoms with Gasteiger partial charge in [0.05, 0.1) is 13.2 Å². The highest BCUT2D eigenvalue weighted by atomic mass is 16.5. The first-order valence-corrected chi connectivity index (χ1v) is 10.6. The van der Waals surface area contributed by atoms with Crippen molar-refractivity contribution >= 4 is 5.96 Å². The molecule has 0 saturated carbocycles. The molecule has 3 rings (SSSR count). The van der Waals surface area contributed by atoms with Gasteiger partial charge in [0, 0.05) is 51.0 Å². The zero-order valence-electron chi connectivity index (χ0n) is 17.7. The molecule has 1 saturated heterocycles. The van der Waals surface area contributed by atoms with Gasteiger partial charge in [-0.15, -0.1) is 0 Å². The van der Waals surface area contributed by atoms with E-state index >= 15 is 0 Å². The largest absolute Gasteiger partial charge is 0.473 e. The topological polar surface area (TPSA) is 77.0 Å². The maximum Gasteiger partial charge on any atom is 0.218 e. The molecule has 7 nitrogen and oxygen atoms in total. The molecule has 2 aromatic rings. The monoisotopic (exact) mass is 412 g/mol. The van der Waals surface area contributed by atoms with Crippen LogP contribution in [0.4, 0.5) is 0 Å². The summed E-state index contributed by atoms with van der Waals surface area (Å²) >= 11 is 0. The Morgan fingerprint density at radius 1 is 1.20 bits per heavy atom. The van der Waals surface area contributed by atoms with Crippen molar-refractivity contribution in [1.82, 2.24) is 15.6 Å². The molecule has 1 aromatic carbocycles. The highest BCUT2D eigenvalue weighted by Gasteiger charge is 2.15. The molecule has 0 bridgehead atoms. The fourth-order valence-electron chi connectivity index (χ4n) is 3.16. The third-order valence-electron chi connectivity index (χ3n) is 4.87. The van der Waals surface area contributed by atoms with E-state index in [9.17, 15) is 0 Å². The van der Waals surface area contributed by atoms with E-state index in [1.807, 2.05) is 42.5 Å². The fraction of sp³-hybridized carbons (Fsp3) is 0.478. The Hall–Kier alpha value is -2.64. The molecule has 0 amide bonds. The number of nitrogens with one attached hydrogen (secondary N) is 2. The van der Waals surface area contributed by atoms with Crippen molar-refractivity contribution in [3.8, 4) is 5.88 Å². The van der Waals surface area contributed by atoms with Gasteiger partial charge in [-0.05, 0) is 24.5 Å². The van der Waals surface area contributed by atoms with Crippen LogP contribution in [0.5, 0.6) is 5.88 Å². The minimum absolute atomic E-state index is 0.491. The Labute approximate surface area is 178 Å². The number of hydrogen-bond donors (Lipinski definition) is 2. The van der Waals surface area contributed by atoms with Crippen LogP contribution in [0.1, 0.15) is 24.0 Å². The van der Waals surface area contributed by atoms with Gasteiger partial charge in [0.15, 0.2) is 5.96 Å². The second kappa shape index (κ2) is 12.8. The predicted octanol–water partition coefficient (Wildman–Crippen LogP) is 2.77. The van der Waals surface area contributed by atoms with Gasteiger partial charge in [0.1, 0.15) is 6.61 Å². The molecule has 1 atom stereocenters. The van der Waals surface area contributed by atoms with Crippen LogP contribution in [0.15, 0.2) is 53.7 Å². The highest BCUT2D eigenvalue weighted by Crippen LogP contribution is 2.16. The lowest BCUT2D eigenvalue weighted by atomic mass is 10.1. The maximum atomic E-state index is 5.92. The van der Waals surface area contributed by atoms with Crippen LogP contribution in [-0.4, -0.2) is 51.0 Å². The van der Waals surface area contributed by atoms with E-state index in [0.29, 0.717) is 24.9 Å². The molecule has 0 radical (unpaired) electrons. The van der Waals surface area contributed by atoms with E-state index < -0.39 is 0 Å². The SMILES string of the molecule is CN=C(NCCCOCC1CCOC1)NCc1cccnc1OCc1ccccc1. The van der Waals surface area contributed by atoms with Crippen molar-refractivity contribution in [1.29, 1.82) is 0 Å². The second-order valence-electron chi connectivity index (χ2n) is 7.25. The quantitative estimate of drug-likeness (QED) is 0.336. The normalized spacial score (nSPS) is 16.4. The number of aliphatic imine (C=N–C) groups is 1. The third-order valence-corrected chi connectivity index (χ3v) is 4.87. The van der Waals surface area contributed by atoms with Crippen molar-refractivity contribution in [2.75, 3.05) is 40.0 Å². The van der Waals surface area contributed by atoms with Crippen LogP contribution < -0.4 is 15.4 Å². The first-order valence-electron chi connectivity index (χ1n) is 10.6. The van der Waals surface area contributed by atoms with E-state index in [-0.39, 0.29) is 0 Å². The lowest BCUT2D eigenvalue weighted by Crippen LogP contribution is -2.37. The van der Waals surface area contributed by atoms with Crippen molar-refractivity contribution < 1.29 is 14.2 Å². The molecule has 1 aliphatic heterocycles. The Kier molecular flexibility index (Phi) is 9.43. The van der Waals surface area contributed by atoms with Gasteiger partial charge in [-0.3, -0.25) is 4.99 Å². The van der Waals surface area contributed by atoms with Gasteiger partial charge in [0.25, 0.3) is 0 Å². The summed E-state index contributed by atoms with van der Waals surface area (Å²) in [5.41, 5.74) is 2.10. The average Bonchev–Trinajstić information content (AvgIpc) is 3.31. The molecule has 0 aliphatic carbocycles. The number of ether oxygens (including phenoxy) is 3. The van der Waals surface area contributed by atoms with Gasteiger partial charge < -0.3 is 24.8 Å². The van der Waals surface area contributed by atoms with E-state index in [1.54, 1.807) is 13.2 Å². The summed E-state index contributed by atoms with van der Waals surface area (Å²) in [7, 11) is 1.77. The van der Waals surface area contributed by atoms with Crippen molar-refractivity contribution in [2.24, 2.45) is 10.9 Å². The molecule has 30 heavy (non-hydrogen) atoms.